The highest BCUT2D eigenvalue weighted by molar-refractivity contribution is 5.80. The van der Waals surface area contributed by atoms with Gasteiger partial charge in [0.05, 0.1) is 62.4 Å². The maximum atomic E-state index is 16.2. The van der Waals surface area contributed by atoms with Crippen LogP contribution in [-0.4, -0.2) is 392 Å². The SMILES string of the molecule is CC(=O)OC1C(C)OC(OC2C(C)OC(OC(=O)C34CCC(C)(C)CC3C3=CCC5C6(C)CCC(OC7OC(C(=O)O)C(O)C(OC8OCC(O)C(O)C8O)C7OC7OC(CO)C(O)C(O)C7O)C(C)(C=O)C6CCC5(C)C3(C)CC4O)C(OC3OC(C)C(OC4OCC(O)C(OC5OCC(O)C(O)C5O)C4O)C(O)C3O)C2O)C(O)C1O. The van der Waals surface area contributed by atoms with Crippen molar-refractivity contribution in [2.24, 2.45) is 50.2 Å². The lowest BCUT2D eigenvalue weighted by Gasteiger charge is -2.71. The van der Waals surface area contributed by atoms with Crippen molar-refractivity contribution in [3.8, 4) is 0 Å². The van der Waals surface area contributed by atoms with Crippen molar-refractivity contribution in [1.82, 2.24) is 0 Å². The molecule has 674 valence electrons. The van der Waals surface area contributed by atoms with Crippen LogP contribution in [0.3, 0.4) is 0 Å². The lowest BCUT2D eigenvalue weighted by Crippen LogP contribution is -2.69. The largest absolute Gasteiger partial charge is 0.479 e. The predicted molar refractivity (Wildman–Crippen MR) is 383 cm³/mol. The van der Waals surface area contributed by atoms with E-state index in [4.69, 9.17) is 80.5 Å². The summed E-state index contributed by atoms with van der Waals surface area (Å²) < 4.78 is 102. The summed E-state index contributed by atoms with van der Waals surface area (Å²) in [6.45, 7) is 14.8. The number of carboxylic acid groups (broad SMARTS) is 1. The molecule has 0 aromatic heterocycles. The number of aliphatic carboxylic acids is 1. The Morgan fingerprint density at radius 1 is 0.458 bits per heavy atom. The zero-order valence-corrected chi connectivity index (χ0v) is 67.1. The topological polar surface area (TPSA) is 630 Å². The minimum atomic E-state index is -2.25. The summed E-state index contributed by atoms with van der Waals surface area (Å²) in [5.41, 5.74) is -5.27. The number of esters is 2. The summed E-state index contributed by atoms with van der Waals surface area (Å²) in [5.74, 6) is -5.12. The molecule has 8 aliphatic heterocycles. The summed E-state index contributed by atoms with van der Waals surface area (Å²) in [4.78, 5) is 55.7. The van der Waals surface area contributed by atoms with E-state index in [-0.39, 0.29) is 25.2 Å². The molecule has 0 radical (unpaired) electrons. The fraction of sp³-hybridized carbons (Fsp3) is 0.922. The van der Waals surface area contributed by atoms with Gasteiger partial charge in [-0.3, -0.25) is 9.59 Å². The number of rotatable bonds is 20. The molecule has 41 nitrogen and oxygen atoms in total. The molecule has 4 saturated carbocycles. The van der Waals surface area contributed by atoms with E-state index in [1.807, 2.05) is 13.8 Å². The van der Waals surface area contributed by atoms with Crippen molar-refractivity contribution in [3.05, 3.63) is 11.6 Å². The fourth-order valence-electron chi connectivity index (χ4n) is 21.8. The van der Waals surface area contributed by atoms with Gasteiger partial charge in [-0.25, -0.2) is 4.79 Å². The second kappa shape index (κ2) is 35.0. The average molecular weight is 1700 g/mol. The van der Waals surface area contributed by atoms with Crippen molar-refractivity contribution in [2.75, 3.05) is 26.4 Å². The van der Waals surface area contributed by atoms with Crippen LogP contribution < -0.4 is 0 Å². The first-order valence-corrected chi connectivity index (χ1v) is 40.7. The molecule has 8 saturated heterocycles. The first-order chi connectivity index (χ1) is 55.3. The number of aliphatic hydroxyl groups excluding tert-OH is 19. The summed E-state index contributed by atoms with van der Waals surface area (Å²) >= 11 is 0. The Kier molecular flexibility index (Phi) is 27.3. The summed E-state index contributed by atoms with van der Waals surface area (Å²) in [7, 11) is 0. The Balaban J connectivity index is 0.769. The van der Waals surface area contributed by atoms with Gasteiger partial charge in [0.25, 0.3) is 0 Å². The second-order valence-corrected chi connectivity index (χ2v) is 36.5. The van der Waals surface area contributed by atoms with Gasteiger partial charge >= 0.3 is 17.9 Å². The number of fused-ring (bicyclic) bond motifs is 7. The maximum absolute atomic E-state index is 16.2. The number of carboxylic acids is 1. The highest BCUT2D eigenvalue weighted by atomic mass is 16.8. The Labute approximate surface area is 678 Å². The smallest absolute Gasteiger partial charge is 0.335 e. The number of aldehydes is 1. The monoisotopic (exact) mass is 1700 g/mol. The molecule has 0 aromatic carbocycles. The van der Waals surface area contributed by atoms with Gasteiger partial charge in [0.2, 0.25) is 6.29 Å². The van der Waals surface area contributed by atoms with Crippen molar-refractivity contribution >= 4 is 24.2 Å². The van der Waals surface area contributed by atoms with E-state index in [0.717, 1.165) is 18.8 Å². The molecule has 41 heteroatoms. The molecule has 13 rings (SSSR count). The highest BCUT2D eigenvalue weighted by Gasteiger charge is 2.74. The van der Waals surface area contributed by atoms with Crippen LogP contribution in [-0.2, 0) is 99.7 Å². The summed E-state index contributed by atoms with van der Waals surface area (Å²) in [5, 5.41) is 224. The van der Waals surface area contributed by atoms with Crippen LogP contribution in [0.1, 0.15) is 127 Å². The summed E-state index contributed by atoms with van der Waals surface area (Å²) in [6.07, 6.45) is -64.7. The molecule has 8 heterocycles. The number of allylic oxidation sites excluding steroid dienone is 2. The quantitative estimate of drug-likeness (QED) is 0.0233. The van der Waals surface area contributed by atoms with Gasteiger partial charge in [0.1, 0.15) is 152 Å². The van der Waals surface area contributed by atoms with Crippen molar-refractivity contribution in [2.45, 2.75) is 367 Å². The molecule has 47 atom stereocenters. The minimum absolute atomic E-state index is 0.0232. The van der Waals surface area contributed by atoms with Crippen LogP contribution in [0.25, 0.3) is 0 Å². The number of ether oxygens (including phenoxy) is 17. The van der Waals surface area contributed by atoms with E-state index in [2.05, 4.69) is 26.8 Å². The van der Waals surface area contributed by atoms with E-state index in [9.17, 15) is 117 Å². The van der Waals surface area contributed by atoms with E-state index >= 15 is 4.79 Å². The van der Waals surface area contributed by atoms with Gasteiger partial charge in [-0.15, -0.1) is 0 Å². The number of aliphatic hydroxyl groups is 19. The molecule has 47 unspecified atom stereocenters. The predicted octanol–water partition coefficient (Wildman–Crippen LogP) is -6.93. The first-order valence-electron chi connectivity index (χ1n) is 40.7. The number of hydrogen-bond acceptors (Lipinski definition) is 40. The van der Waals surface area contributed by atoms with Gasteiger partial charge in [-0.1, -0.05) is 53.2 Å². The van der Waals surface area contributed by atoms with E-state index in [0.29, 0.717) is 38.5 Å². The standard InChI is InChI=1S/C77H120O41/c1-26-54(108-29(4)80)44(89)49(94)66(105-26)112-56-28(3)107-69(60(51(56)96)116-67-50(95)45(90)55(27(2)106-67)111-65-53(98)57(34(83)24-104-65)113-63-46(91)40(85)32(81)22-102-63)118-71(101)77-18-17-72(5,6)19-31(77)30-11-12-37-73(7)15-14-39(74(8,25-79)36(73)13-16-75(37,9)76(30,10)20-38(77)84)110-70-61(117-68-48(93)43(88)42(87)35(21-78)109-68)58(52(97)59(115-70)62(99)100)114-64-47(92)41(86)33(82)23-103-64/h11,25-28,31-61,63-70,78,81-98H,12-24H2,1-10H3,(H,99,100). The fourth-order valence-corrected chi connectivity index (χ4v) is 21.8. The summed E-state index contributed by atoms with van der Waals surface area (Å²) in [6, 6.07) is 0. The first kappa shape index (κ1) is 92.1. The number of carbonyl (C=O) groups is 4. The lowest BCUT2D eigenvalue weighted by molar-refractivity contribution is -0.391. The highest BCUT2D eigenvalue weighted by Crippen LogP contribution is 2.76. The van der Waals surface area contributed by atoms with Crippen LogP contribution in [0.4, 0.5) is 0 Å². The van der Waals surface area contributed by atoms with Gasteiger partial charge in [0, 0.05) is 6.92 Å². The minimum Gasteiger partial charge on any atom is -0.479 e. The Bertz CT molecular complexity index is 3530. The number of hydrogen-bond donors (Lipinski definition) is 20. The lowest BCUT2D eigenvalue weighted by atomic mass is 9.33. The second-order valence-electron chi connectivity index (χ2n) is 36.5. The Morgan fingerprint density at radius 3 is 1.54 bits per heavy atom. The van der Waals surface area contributed by atoms with Crippen LogP contribution in [0.5, 0.6) is 0 Å². The van der Waals surface area contributed by atoms with Crippen molar-refractivity contribution < 1.29 is 202 Å². The van der Waals surface area contributed by atoms with Crippen LogP contribution in [0.2, 0.25) is 0 Å². The Morgan fingerprint density at radius 2 is 0.958 bits per heavy atom. The van der Waals surface area contributed by atoms with Crippen molar-refractivity contribution in [3.63, 3.8) is 0 Å². The third-order valence-corrected chi connectivity index (χ3v) is 28.8. The van der Waals surface area contributed by atoms with Gasteiger partial charge < -0.3 is 187 Å². The molecule has 20 N–H and O–H groups in total. The normalized spacial score (nSPS) is 54.2. The molecule has 0 bridgehead atoms. The molecule has 0 spiro atoms. The zero-order chi connectivity index (χ0) is 86.2. The van der Waals surface area contributed by atoms with E-state index in [1.165, 1.54) is 20.8 Å². The third kappa shape index (κ3) is 16.2. The molecule has 13 aliphatic rings. The Hall–Kier alpha value is -3.54. The maximum Gasteiger partial charge on any atom is 0.335 e. The van der Waals surface area contributed by atoms with Gasteiger partial charge in [-0.05, 0) is 118 Å². The van der Waals surface area contributed by atoms with E-state index in [1.54, 1.807) is 6.92 Å². The average Bonchev–Trinajstić information content (AvgIpc) is 0.669. The molecule has 5 aliphatic carbocycles. The molecule has 0 amide bonds. The molecule has 12 fully saturated rings. The molecule has 0 aromatic rings. The molecular weight excluding hydrogens is 1580 g/mol. The molecule has 118 heavy (non-hydrogen) atoms. The van der Waals surface area contributed by atoms with Crippen LogP contribution in [0, 0.1) is 50.2 Å². The van der Waals surface area contributed by atoms with Crippen molar-refractivity contribution in [1.29, 1.82) is 0 Å². The van der Waals surface area contributed by atoms with E-state index < -0.39 is 328 Å². The van der Waals surface area contributed by atoms with Crippen LogP contribution >= 0.6 is 0 Å². The molecular formula is C77H120O41. The van der Waals surface area contributed by atoms with Crippen LogP contribution in [0.15, 0.2) is 11.6 Å². The van der Waals surface area contributed by atoms with Gasteiger partial charge in [-0.2, -0.15) is 0 Å². The zero-order valence-electron chi connectivity index (χ0n) is 67.1. The third-order valence-electron chi connectivity index (χ3n) is 28.8. The number of carbonyl (C=O) groups excluding carboxylic acids is 3. The van der Waals surface area contributed by atoms with Gasteiger partial charge in [0.15, 0.2) is 62.3 Å².